The van der Waals surface area contributed by atoms with Crippen LogP contribution >= 0.6 is 0 Å². The standard InChI is InChI=1S/C30H42O/c1-3-5-7-23-8-11-25(12-9-23)26-13-15-27(16-14-26)28-17-19-29(20-18-28)30-21-10-24(6-4-2)22-31-30/h13-20,23-25,30H,3-12,21-22H2,1-2H3/t23-,24?,25-,30?. The van der Waals surface area contributed by atoms with Gasteiger partial charge in [0.2, 0.25) is 0 Å². The Morgan fingerprint density at radius 3 is 1.81 bits per heavy atom. The van der Waals surface area contributed by atoms with Gasteiger partial charge in [-0.25, -0.2) is 0 Å². The maximum absolute atomic E-state index is 6.19. The molecular weight excluding hydrogens is 376 g/mol. The summed E-state index contributed by atoms with van der Waals surface area (Å²) in [5, 5.41) is 0. The number of ether oxygens (including phenoxy) is 1. The third-order valence-corrected chi connectivity index (χ3v) is 7.88. The van der Waals surface area contributed by atoms with E-state index in [-0.39, 0.29) is 6.10 Å². The van der Waals surface area contributed by atoms with Crippen LogP contribution in [0.25, 0.3) is 11.1 Å². The SMILES string of the molecule is CCCC[C@H]1CC[C@H](c2ccc(-c3ccc(C4CCC(CCC)CO4)cc3)cc2)CC1. The topological polar surface area (TPSA) is 9.23 Å². The third-order valence-electron chi connectivity index (χ3n) is 7.88. The molecule has 1 saturated carbocycles. The first kappa shape index (κ1) is 22.6. The minimum absolute atomic E-state index is 0.289. The van der Waals surface area contributed by atoms with Crippen LogP contribution in [0.4, 0.5) is 0 Å². The minimum Gasteiger partial charge on any atom is -0.373 e. The molecule has 168 valence electrons. The predicted molar refractivity (Wildman–Crippen MR) is 132 cm³/mol. The van der Waals surface area contributed by atoms with Crippen LogP contribution in [-0.4, -0.2) is 6.61 Å². The monoisotopic (exact) mass is 418 g/mol. The van der Waals surface area contributed by atoms with E-state index in [1.807, 2.05) is 0 Å². The summed E-state index contributed by atoms with van der Waals surface area (Å²) in [4.78, 5) is 0. The summed E-state index contributed by atoms with van der Waals surface area (Å²) in [5.74, 6) is 2.53. The molecular formula is C30H42O. The lowest BCUT2D eigenvalue weighted by atomic mass is 9.77. The fraction of sp³-hybridized carbons (Fsp3) is 0.600. The zero-order valence-corrected chi connectivity index (χ0v) is 19.8. The first-order chi connectivity index (χ1) is 15.3. The quantitative estimate of drug-likeness (QED) is 0.415. The molecule has 0 spiro atoms. The van der Waals surface area contributed by atoms with Crippen LogP contribution in [0.3, 0.4) is 0 Å². The van der Waals surface area contributed by atoms with E-state index in [0.29, 0.717) is 0 Å². The summed E-state index contributed by atoms with van der Waals surface area (Å²) in [6, 6.07) is 18.6. The molecule has 0 amide bonds. The van der Waals surface area contributed by atoms with Crippen molar-refractivity contribution >= 4 is 0 Å². The van der Waals surface area contributed by atoms with Gasteiger partial charge in [-0.15, -0.1) is 0 Å². The number of rotatable bonds is 8. The summed E-state index contributed by atoms with van der Waals surface area (Å²) in [6.45, 7) is 5.52. The van der Waals surface area contributed by atoms with Crippen LogP contribution < -0.4 is 0 Å². The Labute approximate surface area is 190 Å². The Morgan fingerprint density at radius 1 is 0.645 bits per heavy atom. The zero-order valence-electron chi connectivity index (χ0n) is 19.8. The minimum atomic E-state index is 0.289. The summed E-state index contributed by atoms with van der Waals surface area (Å²) >= 11 is 0. The van der Waals surface area contributed by atoms with E-state index in [0.717, 1.165) is 24.4 Å². The number of hydrogen-bond donors (Lipinski definition) is 0. The van der Waals surface area contributed by atoms with Crippen LogP contribution in [0, 0.1) is 11.8 Å². The van der Waals surface area contributed by atoms with Crippen molar-refractivity contribution in [3.8, 4) is 11.1 Å². The highest BCUT2D eigenvalue weighted by molar-refractivity contribution is 5.64. The summed E-state index contributed by atoms with van der Waals surface area (Å²) in [7, 11) is 0. The second kappa shape index (κ2) is 11.3. The molecule has 2 aromatic carbocycles. The van der Waals surface area contributed by atoms with E-state index in [2.05, 4.69) is 62.4 Å². The largest absolute Gasteiger partial charge is 0.373 e. The molecule has 1 nitrogen and oxygen atoms in total. The molecule has 0 N–H and O–H groups in total. The molecule has 4 rings (SSSR count). The highest BCUT2D eigenvalue weighted by Gasteiger charge is 2.23. The van der Waals surface area contributed by atoms with E-state index in [9.17, 15) is 0 Å². The van der Waals surface area contributed by atoms with Gasteiger partial charge in [0, 0.05) is 0 Å². The van der Waals surface area contributed by atoms with Gasteiger partial charge in [0.25, 0.3) is 0 Å². The second-order valence-corrected chi connectivity index (χ2v) is 10.2. The van der Waals surface area contributed by atoms with Crippen molar-refractivity contribution in [3.63, 3.8) is 0 Å². The molecule has 2 fully saturated rings. The van der Waals surface area contributed by atoms with Gasteiger partial charge >= 0.3 is 0 Å². The molecule has 1 aliphatic heterocycles. The van der Waals surface area contributed by atoms with Crippen LogP contribution in [0.2, 0.25) is 0 Å². The van der Waals surface area contributed by atoms with E-state index in [4.69, 9.17) is 4.74 Å². The van der Waals surface area contributed by atoms with Gasteiger partial charge in [-0.05, 0) is 85.0 Å². The molecule has 0 radical (unpaired) electrons. The van der Waals surface area contributed by atoms with Gasteiger partial charge in [-0.1, -0.05) is 88.1 Å². The van der Waals surface area contributed by atoms with Crippen LogP contribution in [0.15, 0.2) is 48.5 Å². The Kier molecular flexibility index (Phi) is 8.25. The Bertz CT molecular complexity index is 759. The first-order valence-electron chi connectivity index (χ1n) is 13.1. The molecule has 2 atom stereocenters. The molecule has 0 bridgehead atoms. The predicted octanol–water partition coefficient (Wildman–Crippen LogP) is 9.09. The van der Waals surface area contributed by atoms with Crippen molar-refractivity contribution in [1.29, 1.82) is 0 Å². The van der Waals surface area contributed by atoms with E-state index in [1.54, 1.807) is 5.56 Å². The molecule has 1 heterocycles. The number of unbranched alkanes of at least 4 members (excludes halogenated alkanes) is 1. The smallest absolute Gasteiger partial charge is 0.0825 e. The summed E-state index contributed by atoms with van der Waals surface area (Å²) < 4.78 is 6.19. The van der Waals surface area contributed by atoms with Crippen LogP contribution in [-0.2, 0) is 4.74 Å². The average molecular weight is 419 g/mol. The maximum Gasteiger partial charge on any atom is 0.0825 e. The molecule has 31 heavy (non-hydrogen) atoms. The maximum atomic E-state index is 6.19. The van der Waals surface area contributed by atoms with Crippen LogP contribution in [0.1, 0.15) is 108 Å². The molecule has 2 aromatic rings. The van der Waals surface area contributed by atoms with Crippen molar-refractivity contribution in [1.82, 2.24) is 0 Å². The van der Waals surface area contributed by atoms with E-state index < -0.39 is 0 Å². The lowest BCUT2D eigenvalue weighted by Gasteiger charge is -2.29. The van der Waals surface area contributed by atoms with Crippen molar-refractivity contribution < 1.29 is 4.74 Å². The third kappa shape index (κ3) is 6.01. The van der Waals surface area contributed by atoms with Gasteiger partial charge in [0.1, 0.15) is 0 Å². The van der Waals surface area contributed by atoms with E-state index >= 15 is 0 Å². The number of benzene rings is 2. The second-order valence-electron chi connectivity index (χ2n) is 10.2. The van der Waals surface area contributed by atoms with Gasteiger partial charge in [0.15, 0.2) is 0 Å². The fourth-order valence-corrected chi connectivity index (χ4v) is 5.82. The first-order valence-corrected chi connectivity index (χ1v) is 13.1. The van der Waals surface area contributed by atoms with Crippen molar-refractivity contribution in [2.75, 3.05) is 6.61 Å². The Hall–Kier alpha value is -1.60. The van der Waals surface area contributed by atoms with Gasteiger partial charge < -0.3 is 4.74 Å². The lowest BCUT2D eigenvalue weighted by Crippen LogP contribution is -2.20. The van der Waals surface area contributed by atoms with Crippen LogP contribution in [0.5, 0.6) is 0 Å². The molecule has 1 saturated heterocycles. The highest BCUT2D eigenvalue weighted by Crippen LogP contribution is 2.38. The average Bonchev–Trinajstić information content (AvgIpc) is 2.84. The van der Waals surface area contributed by atoms with Crippen molar-refractivity contribution in [2.45, 2.75) is 96.5 Å². The van der Waals surface area contributed by atoms with Gasteiger partial charge in [-0.3, -0.25) is 0 Å². The molecule has 1 aliphatic carbocycles. The number of hydrogen-bond acceptors (Lipinski definition) is 1. The van der Waals surface area contributed by atoms with Gasteiger partial charge in [-0.2, -0.15) is 0 Å². The van der Waals surface area contributed by atoms with Crippen molar-refractivity contribution in [3.05, 3.63) is 59.7 Å². The normalized spacial score (nSPS) is 26.6. The fourth-order valence-electron chi connectivity index (χ4n) is 5.82. The molecule has 0 aromatic heterocycles. The highest BCUT2D eigenvalue weighted by atomic mass is 16.5. The molecule has 2 unspecified atom stereocenters. The summed E-state index contributed by atoms with van der Waals surface area (Å²) in [6.07, 6.45) is 15.2. The Balaban J connectivity index is 1.31. The van der Waals surface area contributed by atoms with Crippen molar-refractivity contribution in [2.24, 2.45) is 11.8 Å². The zero-order chi connectivity index (χ0) is 21.5. The Morgan fingerprint density at radius 2 is 1.26 bits per heavy atom. The summed E-state index contributed by atoms with van der Waals surface area (Å²) in [5.41, 5.74) is 5.54. The van der Waals surface area contributed by atoms with E-state index in [1.165, 1.54) is 87.3 Å². The molecule has 2 aliphatic rings. The van der Waals surface area contributed by atoms with Gasteiger partial charge in [0.05, 0.1) is 12.7 Å². The lowest BCUT2D eigenvalue weighted by molar-refractivity contribution is -0.0194. The molecule has 1 heteroatoms.